The van der Waals surface area contributed by atoms with Crippen LogP contribution in [-0.4, -0.2) is 11.5 Å². The largest absolute Gasteiger partial charge is 0.399 e. The van der Waals surface area contributed by atoms with Crippen LogP contribution in [-0.2, 0) is 6.42 Å². The summed E-state index contributed by atoms with van der Waals surface area (Å²) < 4.78 is 25.9. The van der Waals surface area contributed by atoms with Gasteiger partial charge < -0.3 is 11.1 Å². The zero-order chi connectivity index (χ0) is 13.0. The zero-order valence-electron chi connectivity index (χ0n) is 9.66. The smallest absolute Gasteiger partial charge is 0.168 e. The lowest BCUT2D eigenvalue weighted by Crippen LogP contribution is -2.08. The minimum atomic E-state index is -0.688. The van der Waals surface area contributed by atoms with E-state index < -0.39 is 11.6 Å². The summed E-state index contributed by atoms with van der Waals surface area (Å²) in [7, 11) is 0. The minimum Gasteiger partial charge on any atom is -0.399 e. The summed E-state index contributed by atoms with van der Waals surface area (Å²) in [4.78, 5) is 3.64. The maximum absolute atomic E-state index is 13.2. The van der Waals surface area contributed by atoms with Gasteiger partial charge in [-0.05, 0) is 24.1 Å². The first-order chi connectivity index (χ1) is 8.65. The Morgan fingerprint density at radius 1 is 1.17 bits per heavy atom. The van der Waals surface area contributed by atoms with Crippen molar-refractivity contribution >= 4 is 11.5 Å². The molecule has 5 heteroatoms. The molecule has 0 spiro atoms. The molecule has 0 atom stereocenters. The Balaban J connectivity index is 1.90. The highest BCUT2D eigenvalue weighted by Gasteiger charge is 2.04. The molecule has 3 nitrogen and oxygen atoms in total. The van der Waals surface area contributed by atoms with Crippen molar-refractivity contribution in [3.63, 3.8) is 0 Å². The second kappa shape index (κ2) is 5.44. The number of nitrogen functional groups attached to an aromatic ring is 1. The van der Waals surface area contributed by atoms with E-state index in [0.29, 0.717) is 18.7 Å². The lowest BCUT2D eigenvalue weighted by atomic mass is 10.1. The van der Waals surface area contributed by atoms with Crippen molar-refractivity contribution in [1.82, 2.24) is 4.98 Å². The Hall–Kier alpha value is -2.17. The van der Waals surface area contributed by atoms with Gasteiger partial charge in [0.1, 0.15) is 5.82 Å². The second-order valence-corrected chi connectivity index (χ2v) is 3.90. The lowest BCUT2D eigenvalue weighted by molar-refractivity contribution is 0.575. The number of benzene rings is 1. The number of aromatic nitrogens is 1. The topological polar surface area (TPSA) is 50.9 Å². The van der Waals surface area contributed by atoms with Crippen molar-refractivity contribution in [3.8, 4) is 0 Å². The van der Waals surface area contributed by atoms with Crippen LogP contribution in [0.3, 0.4) is 0 Å². The third kappa shape index (κ3) is 3.16. The average Bonchev–Trinajstić information content (AvgIpc) is 2.34. The summed E-state index contributed by atoms with van der Waals surface area (Å²) in [5.41, 5.74) is 7.36. The molecule has 0 aliphatic heterocycles. The highest BCUT2D eigenvalue weighted by Crippen LogP contribution is 2.11. The first kappa shape index (κ1) is 12.3. The normalized spacial score (nSPS) is 10.3. The third-order valence-corrected chi connectivity index (χ3v) is 2.49. The molecule has 0 bridgehead atoms. The first-order valence-electron chi connectivity index (χ1n) is 5.54. The van der Waals surface area contributed by atoms with Gasteiger partial charge >= 0.3 is 0 Å². The van der Waals surface area contributed by atoms with Gasteiger partial charge in [0.25, 0.3) is 0 Å². The van der Waals surface area contributed by atoms with Crippen molar-refractivity contribution in [2.75, 3.05) is 17.6 Å². The highest BCUT2D eigenvalue weighted by atomic mass is 19.1. The molecule has 0 saturated heterocycles. The van der Waals surface area contributed by atoms with E-state index >= 15 is 0 Å². The van der Waals surface area contributed by atoms with Crippen molar-refractivity contribution in [1.29, 1.82) is 0 Å². The second-order valence-electron chi connectivity index (χ2n) is 3.90. The molecule has 2 aromatic rings. The summed E-state index contributed by atoms with van der Waals surface area (Å²) in [5, 5.41) is 2.82. The van der Waals surface area contributed by atoms with Crippen LogP contribution in [0.2, 0.25) is 0 Å². The molecule has 1 heterocycles. The van der Waals surface area contributed by atoms with Crippen molar-refractivity contribution in [2.45, 2.75) is 6.42 Å². The molecule has 2 rings (SSSR count). The molecule has 18 heavy (non-hydrogen) atoms. The van der Waals surface area contributed by atoms with E-state index in [1.165, 1.54) is 0 Å². The van der Waals surface area contributed by atoms with Crippen LogP contribution in [0.4, 0.5) is 20.3 Å². The molecular formula is C13H13F2N3. The van der Waals surface area contributed by atoms with Crippen molar-refractivity contribution in [3.05, 3.63) is 53.7 Å². The summed E-state index contributed by atoms with van der Waals surface area (Å²) >= 11 is 0. The minimum absolute atomic E-state index is 0.0619. The fourth-order valence-corrected chi connectivity index (χ4v) is 1.55. The number of hydrogen-bond donors (Lipinski definition) is 2. The SMILES string of the molecule is Nc1ccc(CCNc2ncc(F)cc2F)cc1. The Morgan fingerprint density at radius 2 is 1.89 bits per heavy atom. The molecule has 1 aromatic carbocycles. The molecule has 94 valence electrons. The number of halogens is 2. The maximum atomic E-state index is 13.2. The van der Waals surface area contributed by atoms with Gasteiger partial charge in [0, 0.05) is 18.3 Å². The number of nitrogens with two attached hydrogens (primary N) is 1. The van der Waals surface area contributed by atoms with Gasteiger partial charge in [-0.3, -0.25) is 0 Å². The van der Waals surface area contributed by atoms with E-state index in [2.05, 4.69) is 10.3 Å². The quantitative estimate of drug-likeness (QED) is 0.819. The number of nitrogens with one attached hydrogen (secondary N) is 1. The summed E-state index contributed by atoms with van der Waals surface area (Å²) in [5.74, 6) is -1.31. The Kier molecular flexibility index (Phi) is 3.72. The highest BCUT2D eigenvalue weighted by molar-refractivity contribution is 5.40. The Bertz CT molecular complexity index is 526. The molecule has 0 unspecified atom stereocenters. The molecule has 1 aromatic heterocycles. The van der Waals surface area contributed by atoms with Crippen LogP contribution in [0.5, 0.6) is 0 Å². The predicted octanol–water partition coefficient (Wildman–Crippen LogP) is 2.60. The Labute approximate surface area is 104 Å². The molecule has 0 saturated carbocycles. The van der Waals surface area contributed by atoms with Gasteiger partial charge in [0.2, 0.25) is 0 Å². The lowest BCUT2D eigenvalue weighted by Gasteiger charge is -2.06. The van der Waals surface area contributed by atoms with E-state index in [4.69, 9.17) is 5.73 Å². The fourth-order valence-electron chi connectivity index (χ4n) is 1.55. The summed E-state index contributed by atoms with van der Waals surface area (Å²) in [6.07, 6.45) is 1.69. The van der Waals surface area contributed by atoms with E-state index in [1.54, 1.807) is 0 Å². The Morgan fingerprint density at radius 3 is 2.56 bits per heavy atom. The van der Waals surface area contributed by atoms with Gasteiger partial charge in [-0.2, -0.15) is 0 Å². The number of hydrogen-bond acceptors (Lipinski definition) is 3. The van der Waals surface area contributed by atoms with Crippen LogP contribution in [0.25, 0.3) is 0 Å². The predicted molar refractivity (Wildman–Crippen MR) is 67.2 cm³/mol. The van der Waals surface area contributed by atoms with E-state index in [9.17, 15) is 8.78 Å². The van der Waals surface area contributed by atoms with E-state index in [0.717, 1.165) is 17.8 Å². The van der Waals surface area contributed by atoms with Crippen LogP contribution in [0.15, 0.2) is 36.5 Å². The molecular weight excluding hydrogens is 236 g/mol. The average molecular weight is 249 g/mol. The van der Waals surface area contributed by atoms with Gasteiger partial charge in [-0.15, -0.1) is 0 Å². The first-order valence-corrected chi connectivity index (χ1v) is 5.54. The number of anilines is 2. The van der Waals surface area contributed by atoms with Gasteiger partial charge in [-0.25, -0.2) is 13.8 Å². The number of pyridine rings is 1. The molecule has 0 fully saturated rings. The van der Waals surface area contributed by atoms with E-state index in [1.807, 2.05) is 24.3 Å². The molecule has 3 N–H and O–H groups in total. The molecule has 0 aliphatic rings. The van der Waals surface area contributed by atoms with E-state index in [-0.39, 0.29) is 5.82 Å². The van der Waals surface area contributed by atoms with Gasteiger partial charge in [0.15, 0.2) is 11.6 Å². The maximum Gasteiger partial charge on any atom is 0.168 e. The molecule has 0 aliphatic carbocycles. The summed E-state index contributed by atoms with van der Waals surface area (Å²) in [6, 6.07) is 8.24. The van der Waals surface area contributed by atoms with Crippen LogP contribution < -0.4 is 11.1 Å². The standard InChI is InChI=1S/C13H13F2N3/c14-10-7-12(15)13(18-8-10)17-6-5-9-1-3-11(16)4-2-9/h1-4,7-8H,5-6,16H2,(H,17,18). The molecule has 0 amide bonds. The number of nitrogens with zero attached hydrogens (tertiary/aromatic N) is 1. The van der Waals surface area contributed by atoms with Gasteiger partial charge in [-0.1, -0.05) is 12.1 Å². The zero-order valence-corrected chi connectivity index (χ0v) is 9.66. The summed E-state index contributed by atoms with van der Waals surface area (Å²) in [6.45, 7) is 0.513. The van der Waals surface area contributed by atoms with Crippen molar-refractivity contribution in [2.24, 2.45) is 0 Å². The monoisotopic (exact) mass is 249 g/mol. The fraction of sp³-hybridized carbons (Fsp3) is 0.154. The molecule has 0 radical (unpaired) electrons. The van der Waals surface area contributed by atoms with Crippen LogP contribution in [0.1, 0.15) is 5.56 Å². The van der Waals surface area contributed by atoms with Crippen LogP contribution >= 0.6 is 0 Å². The van der Waals surface area contributed by atoms with Crippen LogP contribution in [0, 0.1) is 11.6 Å². The third-order valence-electron chi connectivity index (χ3n) is 2.49. The van der Waals surface area contributed by atoms with Crippen molar-refractivity contribution < 1.29 is 8.78 Å². The number of rotatable bonds is 4. The van der Waals surface area contributed by atoms with Gasteiger partial charge in [0.05, 0.1) is 6.20 Å².